The molecule has 4 nitrogen and oxygen atoms in total. The van der Waals surface area contributed by atoms with Gasteiger partial charge in [0.25, 0.3) is 0 Å². The Labute approximate surface area is 111 Å². The molecule has 0 saturated carbocycles. The van der Waals surface area contributed by atoms with Crippen LogP contribution in [0.3, 0.4) is 0 Å². The molecular weight excluding hydrogens is 224 g/mol. The molecule has 0 bridgehead atoms. The first-order chi connectivity index (χ1) is 8.80. The quantitative estimate of drug-likeness (QED) is 0.778. The lowest BCUT2D eigenvalue weighted by Crippen LogP contribution is -2.64. The van der Waals surface area contributed by atoms with E-state index in [-0.39, 0.29) is 0 Å². The standard InChI is InChI=1S/C14H28N4/c1-2-16-8-10-18(11-9-16)14(12-15)5-7-17-6-3-4-13(14)17/h13H,2-12,15H2,1H3. The normalized spacial score (nSPS) is 39.3. The van der Waals surface area contributed by atoms with Crippen LogP contribution in [0.2, 0.25) is 0 Å². The number of nitrogens with two attached hydrogens (primary N) is 1. The predicted molar refractivity (Wildman–Crippen MR) is 74.7 cm³/mol. The van der Waals surface area contributed by atoms with E-state index < -0.39 is 0 Å². The van der Waals surface area contributed by atoms with Crippen LogP contribution in [0.1, 0.15) is 26.2 Å². The average molecular weight is 252 g/mol. The van der Waals surface area contributed by atoms with Crippen molar-refractivity contribution in [1.29, 1.82) is 0 Å². The van der Waals surface area contributed by atoms with Gasteiger partial charge in [-0.15, -0.1) is 0 Å². The van der Waals surface area contributed by atoms with E-state index in [1.807, 2.05) is 0 Å². The van der Waals surface area contributed by atoms with Crippen molar-refractivity contribution in [1.82, 2.24) is 14.7 Å². The van der Waals surface area contributed by atoms with Gasteiger partial charge in [0.2, 0.25) is 0 Å². The van der Waals surface area contributed by atoms with E-state index >= 15 is 0 Å². The summed E-state index contributed by atoms with van der Waals surface area (Å²) >= 11 is 0. The lowest BCUT2D eigenvalue weighted by Gasteiger charge is -2.48. The molecule has 3 rings (SSSR count). The van der Waals surface area contributed by atoms with Crippen LogP contribution in [-0.4, -0.2) is 78.6 Å². The molecule has 0 radical (unpaired) electrons. The van der Waals surface area contributed by atoms with Crippen molar-refractivity contribution in [2.24, 2.45) is 5.73 Å². The SMILES string of the molecule is CCN1CCN(C2(CN)CCN3CCCC32)CC1. The number of fused-ring (bicyclic) bond motifs is 1. The number of hydrogen-bond donors (Lipinski definition) is 1. The molecule has 0 aromatic carbocycles. The zero-order valence-corrected chi connectivity index (χ0v) is 11.8. The van der Waals surface area contributed by atoms with Crippen molar-refractivity contribution in [2.45, 2.75) is 37.8 Å². The van der Waals surface area contributed by atoms with E-state index in [2.05, 4.69) is 21.6 Å². The van der Waals surface area contributed by atoms with Crippen LogP contribution in [-0.2, 0) is 0 Å². The van der Waals surface area contributed by atoms with Crippen LogP contribution in [0.4, 0.5) is 0 Å². The smallest absolute Gasteiger partial charge is 0.0499 e. The molecule has 2 unspecified atom stereocenters. The first-order valence-corrected chi connectivity index (χ1v) is 7.71. The number of likely N-dealkylation sites (N-methyl/N-ethyl adjacent to an activating group) is 1. The monoisotopic (exact) mass is 252 g/mol. The molecule has 0 aromatic rings. The summed E-state index contributed by atoms with van der Waals surface area (Å²) in [7, 11) is 0. The average Bonchev–Trinajstić information content (AvgIpc) is 3.01. The van der Waals surface area contributed by atoms with Crippen molar-refractivity contribution < 1.29 is 0 Å². The molecule has 0 amide bonds. The fourth-order valence-electron chi connectivity index (χ4n) is 4.45. The number of nitrogens with zero attached hydrogens (tertiary/aromatic N) is 3. The highest BCUT2D eigenvalue weighted by molar-refractivity contribution is 5.10. The molecule has 0 aliphatic carbocycles. The molecule has 3 aliphatic heterocycles. The van der Waals surface area contributed by atoms with E-state index in [0.29, 0.717) is 5.54 Å². The minimum Gasteiger partial charge on any atom is -0.329 e. The summed E-state index contributed by atoms with van der Waals surface area (Å²) in [5, 5.41) is 0. The van der Waals surface area contributed by atoms with Gasteiger partial charge < -0.3 is 10.6 Å². The van der Waals surface area contributed by atoms with Crippen LogP contribution >= 0.6 is 0 Å². The van der Waals surface area contributed by atoms with Crippen LogP contribution in [0.5, 0.6) is 0 Å². The van der Waals surface area contributed by atoms with Crippen molar-refractivity contribution in [3.05, 3.63) is 0 Å². The number of piperazine rings is 1. The molecule has 3 saturated heterocycles. The Kier molecular flexibility index (Phi) is 3.63. The first-order valence-electron chi connectivity index (χ1n) is 7.71. The highest BCUT2D eigenvalue weighted by Gasteiger charge is 2.51. The van der Waals surface area contributed by atoms with Gasteiger partial charge in [-0.25, -0.2) is 0 Å². The van der Waals surface area contributed by atoms with Gasteiger partial charge in [-0.05, 0) is 32.4 Å². The van der Waals surface area contributed by atoms with Gasteiger partial charge in [-0.3, -0.25) is 9.80 Å². The largest absolute Gasteiger partial charge is 0.329 e. The van der Waals surface area contributed by atoms with Gasteiger partial charge in [0, 0.05) is 50.8 Å². The fraction of sp³-hybridized carbons (Fsp3) is 1.00. The van der Waals surface area contributed by atoms with Gasteiger partial charge in [0.15, 0.2) is 0 Å². The Hall–Kier alpha value is -0.160. The van der Waals surface area contributed by atoms with E-state index in [1.165, 1.54) is 65.1 Å². The lowest BCUT2D eigenvalue weighted by atomic mass is 9.86. The van der Waals surface area contributed by atoms with Gasteiger partial charge in [-0.1, -0.05) is 6.92 Å². The van der Waals surface area contributed by atoms with Gasteiger partial charge in [0.05, 0.1) is 0 Å². The molecule has 2 N–H and O–H groups in total. The number of hydrogen-bond acceptors (Lipinski definition) is 4. The van der Waals surface area contributed by atoms with Crippen LogP contribution in [0.15, 0.2) is 0 Å². The van der Waals surface area contributed by atoms with Crippen molar-refractivity contribution in [3.63, 3.8) is 0 Å². The van der Waals surface area contributed by atoms with Gasteiger partial charge in [0.1, 0.15) is 0 Å². The summed E-state index contributed by atoms with van der Waals surface area (Å²) < 4.78 is 0. The summed E-state index contributed by atoms with van der Waals surface area (Å²) in [6.45, 7) is 11.8. The summed E-state index contributed by atoms with van der Waals surface area (Å²) in [6.07, 6.45) is 4.03. The second kappa shape index (κ2) is 5.08. The summed E-state index contributed by atoms with van der Waals surface area (Å²) in [4.78, 5) is 7.98. The highest BCUT2D eigenvalue weighted by atomic mass is 15.4. The topological polar surface area (TPSA) is 35.7 Å². The molecular formula is C14H28N4. The molecule has 3 fully saturated rings. The molecule has 3 heterocycles. The molecule has 0 spiro atoms. The Balaban J connectivity index is 1.72. The molecule has 4 heteroatoms. The van der Waals surface area contributed by atoms with Crippen LogP contribution < -0.4 is 5.73 Å². The second-order valence-electron chi connectivity index (χ2n) is 6.17. The maximum atomic E-state index is 6.24. The first kappa shape index (κ1) is 12.9. The Morgan fingerprint density at radius 1 is 1.11 bits per heavy atom. The minimum absolute atomic E-state index is 0.302. The minimum atomic E-state index is 0.302. The Morgan fingerprint density at radius 2 is 1.89 bits per heavy atom. The third kappa shape index (κ3) is 1.90. The van der Waals surface area contributed by atoms with Gasteiger partial charge in [-0.2, -0.15) is 0 Å². The second-order valence-corrected chi connectivity index (χ2v) is 6.17. The lowest BCUT2D eigenvalue weighted by molar-refractivity contribution is 0.0207. The third-order valence-electron chi connectivity index (χ3n) is 5.62. The van der Waals surface area contributed by atoms with Crippen molar-refractivity contribution in [3.8, 4) is 0 Å². The molecule has 18 heavy (non-hydrogen) atoms. The van der Waals surface area contributed by atoms with Crippen LogP contribution in [0, 0.1) is 0 Å². The molecule has 0 aromatic heterocycles. The molecule has 2 atom stereocenters. The zero-order valence-electron chi connectivity index (χ0n) is 11.8. The van der Waals surface area contributed by atoms with Crippen molar-refractivity contribution in [2.75, 3.05) is 52.4 Å². The van der Waals surface area contributed by atoms with E-state index in [4.69, 9.17) is 5.73 Å². The van der Waals surface area contributed by atoms with E-state index in [0.717, 1.165) is 12.6 Å². The van der Waals surface area contributed by atoms with Crippen molar-refractivity contribution >= 4 is 0 Å². The summed E-state index contributed by atoms with van der Waals surface area (Å²) in [5.41, 5.74) is 6.54. The Morgan fingerprint density at radius 3 is 2.56 bits per heavy atom. The van der Waals surface area contributed by atoms with Gasteiger partial charge >= 0.3 is 0 Å². The third-order valence-corrected chi connectivity index (χ3v) is 5.62. The molecule has 3 aliphatic rings. The Bertz CT molecular complexity index is 288. The predicted octanol–water partition coefficient (Wildman–Crippen LogP) is 0.190. The maximum Gasteiger partial charge on any atom is 0.0499 e. The van der Waals surface area contributed by atoms with Crippen LogP contribution in [0.25, 0.3) is 0 Å². The summed E-state index contributed by atoms with van der Waals surface area (Å²) in [6, 6.07) is 0.746. The zero-order chi connectivity index (χ0) is 12.6. The van der Waals surface area contributed by atoms with E-state index in [9.17, 15) is 0 Å². The number of rotatable bonds is 3. The fourth-order valence-corrected chi connectivity index (χ4v) is 4.45. The highest BCUT2D eigenvalue weighted by Crippen LogP contribution is 2.39. The van der Waals surface area contributed by atoms with E-state index in [1.54, 1.807) is 0 Å². The maximum absolute atomic E-state index is 6.24. The molecule has 104 valence electrons. The summed E-state index contributed by atoms with van der Waals surface area (Å²) in [5.74, 6) is 0.